The van der Waals surface area contributed by atoms with Crippen molar-refractivity contribution in [3.05, 3.63) is 143 Å². The van der Waals surface area contributed by atoms with Crippen LogP contribution in [0.25, 0.3) is 10.8 Å². The molecule has 4 aromatic carbocycles. The molecule has 6 fully saturated rings. The molecule has 1 aliphatic heterocycles. The monoisotopic (exact) mass is 1090 g/mol. The Morgan fingerprint density at radius 2 is 1.52 bits per heavy atom. The van der Waals surface area contributed by atoms with Crippen LogP contribution in [0, 0.1) is 51.2 Å². The number of rotatable bonds is 14. The molecule has 16 atom stereocenters. The molecule has 9 aliphatic carbocycles. The smallest absolute Gasteiger partial charge is 0.331 e. The summed E-state index contributed by atoms with van der Waals surface area (Å²) in [5, 5.41) is 45.8. The summed E-state index contributed by atoms with van der Waals surface area (Å²) in [6, 6.07) is 34.7. The van der Waals surface area contributed by atoms with Crippen molar-refractivity contribution in [2.24, 2.45) is 51.2 Å². The van der Waals surface area contributed by atoms with Crippen LogP contribution >= 0.6 is 0 Å². The molecule has 2 bridgehead atoms. The first-order chi connectivity index (χ1) is 39.2. The summed E-state index contributed by atoms with van der Waals surface area (Å²) in [5.74, 6) is 1.14. The lowest BCUT2D eigenvalue weighted by Gasteiger charge is -2.76. The predicted octanol–water partition coefficient (Wildman–Crippen LogP) is 15.6. The molecule has 1 heterocycles. The zero-order valence-corrected chi connectivity index (χ0v) is 49.0. The van der Waals surface area contributed by atoms with Gasteiger partial charge in [0, 0.05) is 22.8 Å². The number of esters is 2. The molecule has 10 aliphatic rings. The average molecular weight is 1090 g/mol. The molecule has 81 heavy (non-hydrogen) atoms. The van der Waals surface area contributed by atoms with E-state index in [1.807, 2.05) is 6.08 Å². The fourth-order valence-electron chi connectivity index (χ4n) is 22.3. The number of cyclic esters (lactones) is 1. The summed E-state index contributed by atoms with van der Waals surface area (Å²) in [6.45, 7) is 7.07. The van der Waals surface area contributed by atoms with E-state index in [1.54, 1.807) is 28.2 Å². The maximum Gasteiger partial charge on any atom is 0.331 e. The van der Waals surface area contributed by atoms with Crippen molar-refractivity contribution < 1.29 is 34.4 Å². The molecule has 6 saturated carbocycles. The lowest BCUT2D eigenvalue weighted by atomic mass is 9.31. The first kappa shape index (κ1) is 54.4. The van der Waals surface area contributed by atoms with Gasteiger partial charge in [-0.15, -0.1) is 0 Å². The van der Waals surface area contributed by atoms with Crippen LogP contribution < -0.4 is 0 Å². The lowest BCUT2D eigenvalue weighted by Crippen LogP contribution is -2.83. The summed E-state index contributed by atoms with van der Waals surface area (Å²) >= 11 is 0. The minimum Gasteiger partial charge on any atom is -0.462 e. The van der Waals surface area contributed by atoms with Gasteiger partial charge in [0.1, 0.15) is 12.7 Å². The van der Waals surface area contributed by atoms with Crippen LogP contribution in [0.5, 0.6) is 0 Å². The van der Waals surface area contributed by atoms with Gasteiger partial charge < -0.3 is 24.8 Å². The van der Waals surface area contributed by atoms with Crippen molar-refractivity contribution in [2.45, 2.75) is 228 Å². The largest absolute Gasteiger partial charge is 0.462 e. The van der Waals surface area contributed by atoms with Gasteiger partial charge in [-0.1, -0.05) is 162 Å². The van der Waals surface area contributed by atoms with E-state index >= 15 is 4.79 Å². The van der Waals surface area contributed by atoms with Crippen molar-refractivity contribution in [1.29, 1.82) is 0 Å². The SMILES string of the molecule is CC(CCCc1ccccc1)CCC1(O)C=CC2(C)CC(OC(=O)C3CCCCC3)C3C(C)(C4CCC56CCC7CC8(c9ccccc9)CCCCC8c8ccc9cccc(c9c8C75)C6C4)CCC(O)C31C2(O)CCC1=CC(=O)OC1. The first-order valence-corrected chi connectivity index (χ1v) is 32.7. The molecule has 0 aromatic heterocycles. The molecule has 3 N–H and O–H groups in total. The van der Waals surface area contributed by atoms with Crippen LogP contribution in [-0.2, 0) is 30.9 Å². The molecule has 14 rings (SSSR count). The average Bonchev–Trinajstić information content (AvgIpc) is 1.21. The van der Waals surface area contributed by atoms with E-state index in [9.17, 15) is 20.1 Å². The topological polar surface area (TPSA) is 113 Å². The summed E-state index contributed by atoms with van der Waals surface area (Å²) in [6.07, 6.45) is 27.0. The highest BCUT2D eigenvalue weighted by Crippen LogP contribution is 2.79. The highest BCUT2D eigenvalue weighted by molar-refractivity contribution is 5.93. The third-order valence-corrected chi connectivity index (χ3v) is 25.9. The Balaban J connectivity index is 0.889. The third kappa shape index (κ3) is 8.15. The van der Waals surface area contributed by atoms with Crippen molar-refractivity contribution >= 4 is 22.7 Å². The molecule has 7 heteroatoms. The number of aliphatic hydroxyl groups excluding tert-OH is 1. The number of benzene rings is 4. The molecule has 430 valence electrons. The number of ether oxygens (including phenoxy) is 2. The Bertz CT molecular complexity index is 3100. The molecule has 0 amide bonds. The zero-order chi connectivity index (χ0) is 55.6. The maximum absolute atomic E-state index is 15.1. The second kappa shape index (κ2) is 20.3. The fourth-order valence-corrected chi connectivity index (χ4v) is 22.3. The van der Waals surface area contributed by atoms with Gasteiger partial charge >= 0.3 is 11.9 Å². The predicted molar refractivity (Wildman–Crippen MR) is 319 cm³/mol. The Hall–Kier alpha value is -4.56. The standard InChI is InChI=1S/C74H92O7/c1-48(17-15-20-49-18-7-4-8-19-49)30-39-72(78)42-41-68(2)46-60(81-67(77)52-21-9-5-10-22-52)66-69(3,36-34-61(75)74(66,72)73(68,79)40-31-50-43-62(76)80-47-50)55-33-38-70-37-32-53-45-71(54-24-11-6-12-25-54)35-14-13-27-58(71)57-29-28-51-23-16-26-56(59(70)44-55)63(51)64(57)65(53)70/h4,6-8,11-12,16,18-19,23-26,28-29,41-43,48,52-53,55,58-61,65-66,75,78-79H,5,9-10,13-15,17,20-22,27,30-40,44-47H2,1-3H3. The molecule has 0 saturated heterocycles. The molecular formula is C74H92O7. The van der Waals surface area contributed by atoms with Gasteiger partial charge in [-0.05, 0) is 212 Å². The summed E-state index contributed by atoms with van der Waals surface area (Å²) in [4.78, 5) is 27.7. The van der Waals surface area contributed by atoms with Gasteiger partial charge in [0.05, 0.1) is 28.6 Å². The number of aryl methyl sites for hydroxylation is 1. The maximum atomic E-state index is 15.1. The van der Waals surface area contributed by atoms with E-state index in [1.165, 1.54) is 61.5 Å². The van der Waals surface area contributed by atoms with E-state index in [-0.39, 0.29) is 53.6 Å². The second-order valence-corrected chi connectivity index (χ2v) is 29.5. The van der Waals surface area contributed by atoms with Crippen molar-refractivity contribution in [2.75, 3.05) is 6.61 Å². The van der Waals surface area contributed by atoms with Gasteiger partial charge in [0.25, 0.3) is 0 Å². The summed E-state index contributed by atoms with van der Waals surface area (Å²) in [7, 11) is 0. The Labute approximate surface area is 483 Å². The number of hydrogen-bond acceptors (Lipinski definition) is 7. The van der Waals surface area contributed by atoms with Gasteiger partial charge in [-0.25, -0.2) is 4.79 Å². The molecule has 16 unspecified atom stereocenters. The molecular weight excluding hydrogens is 1000 g/mol. The van der Waals surface area contributed by atoms with Crippen LogP contribution in [0.2, 0.25) is 0 Å². The highest BCUT2D eigenvalue weighted by atomic mass is 16.5. The Morgan fingerprint density at radius 3 is 2.31 bits per heavy atom. The number of aliphatic hydroxyl groups is 3. The molecule has 0 radical (unpaired) electrons. The molecule has 2 spiro atoms. The van der Waals surface area contributed by atoms with E-state index in [4.69, 9.17) is 9.47 Å². The number of hydrogen-bond donors (Lipinski definition) is 3. The van der Waals surface area contributed by atoms with Gasteiger partial charge in [0.2, 0.25) is 0 Å². The Kier molecular flexibility index (Phi) is 13.6. The quantitative estimate of drug-likeness (QED) is 0.0851. The number of carbonyl (C=O) groups is 2. The molecule has 4 aromatic rings. The lowest BCUT2D eigenvalue weighted by molar-refractivity contribution is -0.363. The number of fused-ring (bicyclic) bond motifs is 4. The minimum absolute atomic E-state index is 0.115. The number of carbonyl (C=O) groups excluding carboxylic acids is 2. The van der Waals surface area contributed by atoms with Crippen LogP contribution in [0.3, 0.4) is 0 Å². The highest BCUT2D eigenvalue weighted by Gasteiger charge is 2.82. The summed E-state index contributed by atoms with van der Waals surface area (Å²) in [5.41, 5.74) is 2.55. The van der Waals surface area contributed by atoms with Crippen molar-refractivity contribution in [1.82, 2.24) is 0 Å². The van der Waals surface area contributed by atoms with Crippen LogP contribution in [0.4, 0.5) is 0 Å². The third-order valence-electron chi connectivity index (χ3n) is 25.9. The molecule has 7 nitrogen and oxygen atoms in total. The van der Waals surface area contributed by atoms with E-state index in [2.05, 4.69) is 118 Å². The van der Waals surface area contributed by atoms with Crippen molar-refractivity contribution in [3.63, 3.8) is 0 Å². The zero-order valence-electron chi connectivity index (χ0n) is 49.0. The van der Waals surface area contributed by atoms with Gasteiger partial charge in [0.15, 0.2) is 0 Å². The van der Waals surface area contributed by atoms with Crippen LogP contribution in [0.1, 0.15) is 220 Å². The van der Waals surface area contributed by atoms with Gasteiger partial charge in [-0.2, -0.15) is 0 Å². The second-order valence-electron chi connectivity index (χ2n) is 29.5. The van der Waals surface area contributed by atoms with E-state index in [0.717, 1.165) is 89.0 Å². The van der Waals surface area contributed by atoms with Gasteiger partial charge in [-0.3, -0.25) is 4.79 Å². The van der Waals surface area contributed by atoms with Crippen molar-refractivity contribution in [3.8, 4) is 0 Å². The minimum atomic E-state index is -1.64. The summed E-state index contributed by atoms with van der Waals surface area (Å²) < 4.78 is 12.7. The van der Waals surface area contributed by atoms with E-state index < -0.39 is 45.6 Å². The fraction of sp³-hybridized carbons (Fsp3) is 0.622. The van der Waals surface area contributed by atoms with Crippen LogP contribution in [-0.4, -0.2) is 57.3 Å². The van der Waals surface area contributed by atoms with Crippen LogP contribution in [0.15, 0.2) is 115 Å². The first-order valence-electron chi connectivity index (χ1n) is 32.7. The van der Waals surface area contributed by atoms with E-state index in [0.29, 0.717) is 49.4 Å². The normalized spacial score (nSPS) is 40.6. The Morgan fingerprint density at radius 1 is 0.741 bits per heavy atom.